The van der Waals surface area contributed by atoms with E-state index in [-0.39, 0.29) is 5.41 Å². The lowest BCUT2D eigenvalue weighted by Crippen LogP contribution is -2.14. The van der Waals surface area contributed by atoms with Crippen LogP contribution in [-0.4, -0.2) is 0 Å². The van der Waals surface area contributed by atoms with Crippen molar-refractivity contribution in [3.63, 3.8) is 0 Å². The second kappa shape index (κ2) is 4.42. The highest BCUT2D eigenvalue weighted by Gasteiger charge is 2.39. The summed E-state index contributed by atoms with van der Waals surface area (Å²) in [7, 11) is 0. The molecule has 0 radical (unpaired) electrons. The van der Waals surface area contributed by atoms with Crippen LogP contribution in [0.1, 0.15) is 36.1 Å². The van der Waals surface area contributed by atoms with Gasteiger partial charge in [0.05, 0.1) is 0 Å². The topological polar surface area (TPSA) is 0 Å². The largest absolute Gasteiger partial charge is 0.135 e. The molecule has 1 aromatic heterocycles. The molecule has 0 saturated heterocycles. The Balaban J connectivity index is 1.71. The molecule has 0 aliphatic heterocycles. The minimum absolute atomic E-state index is 0.0872. The summed E-state index contributed by atoms with van der Waals surface area (Å²) >= 11 is 2.01. The van der Waals surface area contributed by atoms with E-state index in [4.69, 9.17) is 0 Å². The molecule has 3 aromatic carbocycles. The lowest BCUT2D eigenvalue weighted by Gasteiger charge is -2.21. The number of hydrogen-bond donors (Lipinski definition) is 0. The number of thiophene rings is 1. The van der Waals surface area contributed by atoms with Crippen LogP contribution in [0.5, 0.6) is 0 Å². The molecule has 1 heteroatoms. The van der Waals surface area contributed by atoms with Crippen molar-refractivity contribution < 1.29 is 0 Å². The van der Waals surface area contributed by atoms with E-state index in [2.05, 4.69) is 74.5 Å². The first-order valence-electron chi connectivity index (χ1n) is 8.93. The van der Waals surface area contributed by atoms with Crippen molar-refractivity contribution >= 4 is 21.4 Å². The molecule has 0 bridgehead atoms. The highest BCUT2D eigenvalue weighted by molar-refractivity contribution is 7.23. The van der Waals surface area contributed by atoms with Crippen molar-refractivity contribution in [1.29, 1.82) is 0 Å². The van der Waals surface area contributed by atoms with E-state index in [0.717, 1.165) is 6.42 Å². The number of rotatable bonds is 0. The third kappa shape index (κ3) is 1.58. The summed E-state index contributed by atoms with van der Waals surface area (Å²) in [6, 6.07) is 22.6. The van der Waals surface area contributed by atoms with Crippen molar-refractivity contribution in [2.24, 2.45) is 0 Å². The molecule has 4 aromatic rings. The zero-order chi connectivity index (χ0) is 16.8. The van der Waals surface area contributed by atoms with E-state index >= 15 is 0 Å². The van der Waals surface area contributed by atoms with Crippen molar-refractivity contribution in [2.45, 2.75) is 25.7 Å². The predicted molar refractivity (Wildman–Crippen MR) is 108 cm³/mol. The minimum atomic E-state index is 0.0872. The molecule has 2 aliphatic rings. The van der Waals surface area contributed by atoms with Gasteiger partial charge in [0.25, 0.3) is 0 Å². The molecular formula is C24H18S. The lowest BCUT2D eigenvalue weighted by atomic mass is 9.81. The zero-order valence-electron chi connectivity index (χ0n) is 14.4. The van der Waals surface area contributed by atoms with Crippen LogP contribution in [0.3, 0.4) is 0 Å². The Kier molecular flexibility index (Phi) is 2.45. The van der Waals surface area contributed by atoms with E-state index in [9.17, 15) is 0 Å². The van der Waals surface area contributed by atoms with Crippen molar-refractivity contribution in [3.8, 4) is 21.6 Å². The second-order valence-corrected chi connectivity index (χ2v) is 8.80. The molecule has 0 saturated carbocycles. The summed E-state index contributed by atoms with van der Waals surface area (Å²) in [4.78, 5) is 1.49. The molecule has 25 heavy (non-hydrogen) atoms. The van der Waals surface area contributed by atoms with Gasteiger partial charge >= 0.3 is 0 Å². The van der Waals surface area contributed by atoms with Gasteiger partial charge in [0.2, 0.25) is 0 Å². The third-order valence-electron chi connectivity index (χ3n) is 6.11. The molecule has 0 spiro atoms. The van der Waals surface area contributed by atoms with Crippen LogP contribution in [0, 0.1) is 0 Å². The molecule has 0 unspecified atom stereocenters. The standard InChI is InChI=1S/C24H18S/c1-24(2)20-10-6-5-9-17(20)23-21(24)18-12-11-16-15-8-4-3-7-14(15)13-19(16)22(18)25-23/h3-12H,13H2,1-2H3. The second-order valence-electron chi connectivity index (χ2n) is 7.78. The van der Waals surface area contributed by atoms with E-state index in [1.54, 1.807) is 0 Å². The Morgan fingerprint density at radius 2 is 1.56 bits per heavy atom. The smallest absolute Gasteiger partial charge is 0.0399 e. The molecule has 0 atom stereocenters. The fourth-order valence-electron chi connectivity index (χ4n) is 4.94. The van der Waals surface area contributed by atoms with Crippen LogP contribution < -0.4 is 0 Å². The van der Waals surface area contributed by atoms with Gasteiger partial charge < -0.3 is 0 Å². The van der Waals surface area contributed by atoms with Crippen molar-refractivity contribution in [3.05, 3.63) is 82.9 Å². The van der Waals surface area contributed by atoms with Crippen LogP contribution >= 0.6 is 11.3 Å². The van der Waals surface area contributed by atoms with E-state index < -0.39 is 0 Å². The summed E-state index contributed by atoms with van der Waals surface area (Å²) in [5, 5.41) is 1.47. The van der Waals surface area contributed by atoms with Crippen LogP contribution in [0.15, 0.2) is 60.7 Å². The lowest BCUT2D eigenvalue weighted by molar-refractivity contribution is 0.667. The molecule has 0 amide bonds. The highest BCUT2D eigenvalue weighted by Crippen LogP contribution is 2.57. The normalized spacial score (nSPS) is 15.8. The van der Waals surface area contributed by atoms with Crippen LogP contribution in [-0.2, 0) is 11.8 Å². The average molecular weight is 338 g/mol. The van der Waals surface area contributed by atoms with Gasteiger partial charge in [0, 0.05) is 21.4 Å². The fraction of sp³-hybridized carbons (Fsp3) is 0.167. The molecule has 0 nitrogen and oxygen atoms in total. The van der Waals surface area contributed by atoms with Gasteiger partial charge in [-0.2, -0.15) is 0 Å². The first-order chi connectivity index (χ1) is 12.2. The highest BCUT2D eigenvalue weighted by atomic mass is 32.1. The summed E-state index contributed by atoms with van der Waals surface area (Å²) in [5.41, 5.74) is 10.4. The van der Waals surface area contributed by atoms with Gasteiger partial charge in [-0.05, 0) is 44.3 Å². The Morgan fingerprint density at radius 1 is 0.800 bits per heavy atom. The Morgan fingerprint density at radius 3 is 2.44 bits per heavy atom. The Bertz CT molecular complexity index is 1190. The Labute approximate surface area is 151 Å². The molecule has 0 fully saturated rings. The summed E-state index contributed by atoms with van der Waals surface area (Å²) in [6.45, 7) is 4.76. The number of benzene rings is 3. The molecule has 2 aliphatic carbocycles. The third-order valence-corrected chi connectivity index (χ3v) is 7.40. The zero-order valence-corrected chi connectivity index (χ0v) is 15.2. The molecular weight excluding hydrogens is 320 g/mol. The maximum Gasteiger partial charge on any atom is 0.0399 e. The van der Waals surface area contributed by atoms with Crippen LogP contribution in [0.2, 0.25) is 0 Å². The first kappa shape index (κ1) is 13.9. The number of hydrogen-bond acceptors (Lipinski definition) is 1. The van der Waals surface area contributed by atoms with Gasteiger partial charge in [0.15, 0.2) is 0 Å². The van der Waals surface area contributed by atoms with E-state index in [1.165, 1.54) is 53.9 Å². The Hall–Kier alpha value is -2.38. The van der Waals surface area contributed by atoms with Gasteiger partial charge in [-0.3, -0.25) is 0 Å². The van der Waals surface area contributed by atoms with Gasteiger partial charge in [-0.15, -0.1) is 11.3 Å². The molecule has 0 N–H and O–H groups in total. The van der Waals surface area contributed by atoms with E-state index in [1.807, 2.05) is 11.3 Å². The van der Waals surface area contributed by atoms with E-state index in [0.29, 0.717) is 0 Å². The molecule has 6 rings (SSSR count). The molecule has 1 heterocycles. The number of fused-ring (bicyclic) bond motifs is 9. The molecule has 120 valence electrons. The fourth-order valence-corrected chi connectivity index (χ4v) is 6.49. The summed E-state index contributed by atoms with van der Waals surface area (Å²) in [5.74, 6) is 0. The summed E-state index contributed by atoms with van der Waals surface area (Å²) < 4.78 is 1.50. The van der Waals surface area contributed by atoms with Crippen molar-refractivity contribution in [2.75, 3.05) is 0 Å². The maximum absolute atomic E-state index is 2.38. The predicted octanol–water partition coefficient (Wildman–Crippen LogP) is 6.78. The van der Waals surface area contributed by atoms with Crippen LogP contribution in [0.4, 0.5) is 0 Å². The van der Waals surface area contributed by atoms with Gasteiger partial charge in [0.1, 0.15) is 0 Å². The van der Waals surface area contributed by atoms with Crippen molar-refractivity contribution in [1.82, 2.24) is 0 Å². The average Bonchev–Trinajstić information content (AvgIpc) is 3.25. The van der Waals surface area contributed by atoms with Gasteiger partial charge in [-0.1, -0.05) is 74.5 Å². The monoisotopic (exact) mass is 338 g/mol. The van der Waals surface area contributed by atoms with Gasteiger partial charge in [-0.25, -0.2) is 0 Å². The minimum Gasteiger partial charge on any atom is -0.135 e. The SMILES string of the molecule is CC1(C)c2ccccc2-c2sc3c4c(ccc3c21)-c1ccccc1C4. The first-order valence-corrected chi connectivity index (χ1v) is 9.75. The van der Waals surface area contributed by atoms with Crippen LogP contribution in [0.25, 0.3) is 31.7 Å². The quantitative estimate of drug-likeness (QED) is 0.292. The summed E-state index contributed by atoms with van der Waals surface area (Å²) in [6.07, 6.45) is 1.07. The maximum atomic E-state index is 2.38.